The molecular weight excluding hydrogens is 194 g/mol. The summed E-state index contributed by atoms with van der Waals surface area (Å²) in [5.74, 6) is 6.35. The minimum atomic E-state index is 0.0908. The molecule has 84 valence electrons. The number of rotatable bonds is 5. The molecule has 0 aliphatic rings. The Bertz CT molecular complexity index is 304. The maximum absolute atomic E-state index is 8.95. The summed E-state index contributed by atoms with van der Waals surface area (Å²) in [5, 5.41) is 8.95. The summed E-state index contributed by atoms with van der Waals surface area (Å²) >= 11 is 0. The molecule has 0 aromatic carbocycles. The van der Waals surface area contributed by atoms with Crippen LogP contribution in [-0.4, -0.2) is 34.3 Å². The number of hydrazine groups is 1. The van der Waals surface area contributed by atoms with Gasteiger partial charge in [0.15, 0.2) is 0 Å². The largest absolute Gasteiger partial charge is 0.395 e. The maximum Gasteiger partial charge on any atom is 0.239 e. The van der Waals surface area contributed by atoms with Crippen molar-refractivity contribution in [2.24, 2.45) is 5.84 Å². The van der Waals surface area contributed by atoms with Crippen molar-refractivity contribution < 1.29 is 5.11 Å². The number of nitrogens with zero attached hydrogens (tertiary/aromatic N) is 3. The molecule has 1 rings (SSSR count). The van der Waals surface area contributed by atoms with E-state index < -0.39 is 0 Å². The summed E-state index contributed by atoms with van der Waals surface area (Å²) in [6.07, 6.45) is 1.63. The molecule has 0 unspecified atom stereocenters. The van der Waals surface area contributed by atoms with Gasteiger partial charge < -0.3 is 10.0 Å². The Balaban J connectivity index is 2.89. The summed E-state index contributed by atoms with van der Waals surface area (Å²) in [7, 11) is 0. The second kappa shape index (κ2) is 5.47. The highest BCUT2D eigenvalue weighted by Gasteiger charge is 2.11. The SMILES string of the molecule is CC(C)N(CCO)c1ccnc(NN)n1. The molecule has 15 heavy (non-hydrogen) atoms. The van der Waals surface area contributed by atoms with Crippen LogP contribution in [-0.2, 0) is 0 Å². The second-order valence-corrected chi connectivity index (χ2v) is 3.39. The van der Waals surface area contributed by atoms with Crippen molar-refractivity contribution in [3.63, 3.8) is 0 Å². The van der Waals surface area contributed by atoms with Crippen molar-refractivity contribution >= 4 is 11.8 Å². The zero-order valence-electron chi connectivity index (χ0n) is 9.01. The van der Waals surface area contributed by atoms with Crippen molar-refractivity contribution in [3.8, 4) is 0 Å². The highest BCUT2D eigenvalue weighted by Crippen LogP contribution is 2.14. The van der Waals surface area contributed by atoms with Gasteiger partial charge in [-0.3, -0.25) is 5.43 Å². The standard InChI is InChI=1S/C9H17N5O/c1-7(2)14(5-6-15)8-3-4-11-9(12-8)13-10/h3-4,7,15H,5-6,10H2,1-2H3,(H,11,12,13). The van der Waals surface area contributed by atoms with Crippen LogP contribution in [0.15, 0.2) is 12.3 Å². The maximum atomic E-state index is 8.95. The summed E-state index contributed by atoms with van der Waals surface area (Å²) in [5.41, 5.74) is 2.39. The molecule has 1 aromatic rings. The number of aliphatic hydroxyl groups is 1. The van der Waals surface area contributed by atoms with E-state index in [0.29, 0.717) is 12.5 Å². The lowest BCUT2D eigenvalue weighted by atomic mass is 10.3. The molecule has 1 heterocycles. The molecular formula is C9H17N5O. The predicted molar refractivity (Wildman–Crippen MR) is 59.4 cm³/mol. The molecule has 0 atom stereocenters. The lowest BCUT2D eigenvalue weighted by molar-refractivity contribution is 0.298. The van der Waals surface area contributed by atoms with Crippen molar-refractivity contribution in [1.82, 2.24) is 9.97 Å². The van der Waals surface area contributed by atoms with Gasteiger partial charge in [0.1, 0.15) is 5.82 Å². The van der Waals surface area contributed by atoms with E-state index >= 15 is 0 Å². The first-order chi connectivity index (χ1) is 7.19. The molecule has 6 nitrogen and oxygen atoms in total. The lowest BCUT2D eigenvalue weighted by Crippen LogP contribution is -2.34. The van der Waals surface area contributed by atoms with E-state index in [0.717, 1.165) is 5.82 Å². The minimum Gasteiger partial charge on any atom is -0.395 e. The molecule has 0 aliphatic heterocycles. The molecule has 0 fully saturated rings. The van der Waals surface area contributed by atoms with Gasteiger partial charge in [0.05, 0.1) is 6.61 Å². The average molecular weight is 211 g/mol. The lowest BCUT2D eigenvalue weighted by Gasteiger charge is -2.26. The molecule has 0 bridgehead atoms. The highest BCUT2D eigenvalue weighted by atomic mass is 16.3. The van der Waals surface area contributed by atoms with Crippen LogP contribution in [0.1, 0.15) is 13.8 Å². The van der Waals surface area contributed by atoms with E-state index in [-0.39, 0.29) is 12.6 Å². The molecule has 0 aliphatic carbocycles. The van der Waals surface area contributed by atoms with E-state index in [9.17, 15) is 0 Å². The summed E-state index contributed by atoms with van der Waals surface area (Å²) in [6, 6.07) is 2.05. The molecule has 0 amide bonds. The summed E-state index contributed by atoms with van der Waals surface area (Å²) in [4.78, 5) is 10.1. The Morgan fingerprint density at radius 3 is 2.87 bits per heavy atom. The molecule has 0 saturated heterocycles. The third-order valence-electron chi connectivity index (χ3n) is 2.03. The van der Waals surface area contributed by atoms with Gasteiger partial charge in [-0.15, -0.1) is 0 Å². The fourth-order valence-corrected chi connectivity index (χ4v) is 1.32. The topological polar surface area (TPSA) is 87.3 Å². The summed E-state index contributed by atoms with van der Waals surface area (Å²) in [6.45, 7) is 4.70. The Kier molecular flexibility index (Phi) is 4.26. The first-order valence-corrected chi connectivity index (χ1v) is 4.86. The first kappa shape index (κ1) is 11.7. The normalized spacial score (nSPS) is 10.5. The first-order valence-electron chi connectivity index (χ1n) is 4.86. The van der Waals surface area contributed by atoms with Crippen LogP contribution in [0.25, 0.3) is 0 Å². The number of nitrogens with two attached hydrogens (primary N) is 1. The van der Waals surface area contributed by atoms with E-state index in [2.05, 4.69) is 15.4 Å². The number of nitrogens with one attached hydrogen (secondary N) is 1. The van der Waals surface area contributed by atoms with Crippen LogP contribution < -0.4 is 16.2 Å². The number of aromatic nitrogens is 2. The minimum absolute atomic E-state index is 0.0908. The Hall–Kier alpha value is -1.40. The molecule has 6 heteroatoms. The van der Waals surface area contributed by atoms with Crippen LogP contribution in [0.4, 0.5) is 11.8 Å². The quantitative estimate of drug-likeness (QED) is 0.468. The second-order valence-electron chi connectivity index (χ2n) is 3.39. The van der Waals surface area contributed by atoms with Crippen LogP contribution in [0.5, 0.6) is 0 Å². The highest BCUT2D eigenvalue weighted by molar-refractivity contribution is 5.42. The Labute approximate surface area is 89.1 Å². The predicted octanol–water partition coefficient (Wildman–Crippen LogP) is -0.0307. The van der Waals surface area contributed by atoms with Crippen LogP contribution in [0.3, 0.4) is 0 Å². The van der Waals surface area contributed by atoms with E-state index in [1.165, 1.54) is 0 Å². The van der Waals surface area contributed by atoms with Crippen LogP contribution >= 0.6 is 0 Å². The van der Waals surface area contributed by atoms with Gasteiger partial charge in [0, 0.05) is 18.8 Å². The number of aliphatic hydroxyl groups excluding tert-OH is 1. The van der Waals surface area contributed by atoms with Crippen molar-refractivity contribution in [2.75, 3.05) is 23.5 Å². The van der Waals surface area contributed by atoms with Gasteiger partial charge in [-0.1, -0.05) is 0 Å². The fourth-order valence-electron chi connectivity index (χ4n) is 1.32. The van der Waals surface area contributed by atoms with Gasteiger partial charge in [0.2, 0.25) is 5.95 Å². The molecule has 0 saturated carbocycles. The number of nitrogen functional groups attached to an aromatic ring is 1. The van der Waals surface area contributed by atoms with E-state index in [4.69, 9.17) is 10.9 Å². The monoisotopic (exact) mass is 211 g/mol. The smallest absolute Gasteiger partial charge is 0.239 e. The van der Waals surface area contributed by atoms with Gasteiger partial charge in [-0.05, 0) is 19.9 Å². The Morgan fingerprint density at radius 2 is 2.33 bits per heavy atom. The van der Waals surface area contributed by atoms with Crippen molar-refractivity contribution in [2.45, 2.75) is 19.9 Å². The van der Waals surface area contributed by atoms with Gasteiger partial charge in [-0.25, -0.2) is 10.8 Å². The van der Waals surface area contributed by atoms with E-state index in [1.807, 2.05) is 18.7 Å². The zero-order chi connectivity index (χ0) is 11.3. The van der Waals surface area contributed by atoms with Crippen LogP contribution in [0, 0.1) is 0 Å². The van der Waals surface area contributed by atoms with Gasteiger partial charge >= 0.3 is 0 Å². The number of hydrogen-bond donors (Lipinski definition) is 3. The van der Waals surface area contributed by atoms with Crippen molar-refractivity contribution in [1.29, 1.82) is 0 Å². The molecule has 1 aromatic heterocycles. The third-order valence-corrected chi connectivity index (χ3v) is 2.03. The molecule has 0 radical (unpaired) electrons. The van der Waals surface area contributed by atoms with E-state index in [1.54, 1.807) is 12.3 Å². The fraction of sp³-hybridized carbons (Fsp3) is 0.556. The zero-order valence-corrected chi connectivity index (χ0v) is 9.01. The number of anilines is 2. The molecule has 0 spiro atoms. The third kappa shape index (κ3) is 3.03. The van der Waals surface area contributed by atoms with Gasteiger partial charge in [-0.2, -0.15) is 4.98 Å². The van der Waals surface area contributed by atoms with Crippen LogP contribution in [0.2, 0.25) is 0 Å². The van der Waals surface area contributed by atoms with Crippen molar-refractivity contribution in [3.05, 3.63) is 12.3 Å². The Morgan fingerprint density at radius 1 is 1.60 bits per heavy atom. The summed E-state index contributed by atoms with van der Waals surface area (Å²) < 4.78 is 0. The van der Waals surface area contributed by atoms with Gasteiger partial charge in [0.25, 0.3) is 0 Å². The molecule has 4 N–H and O–H groups in total. The average Bonchev–Trinajstić information content (AvgIpc) is 2.25. The number of hydrogen-bond acceptors (Lipinski definition) is 6.